The van der Waals surface area contributed by atoms with Crippen LogP contribution in [0.1, 0.15) is 33.6 Å². The lowest BCUT2D eigenvalue weighted by Gasteiger charge is -2.12. The highest BCUT2D eigenvalue weighted by molar-refractivity contribution is 6.10. The first kappa shape index (κ1) is 23.5. The third-order valence-corrected chi connectivity index (χ3v) is 5.37. The summed E-state index contributed by atoms with van der Waals surface area (Å²) in [5, 5.41) is 16.7. The fourth-order valence-corrected chi connectivity index (χ4v) is 3.58. The van der Waals surface area contributed by atoms with E-state index in [0.29, 0.717) is 30.0 Å². The van der Waals surface area contributed by atoms with E-state index in [2.05, 4.69) is 10.6 Å². The number of nitrogens with one attached hydrogen (secondary N) is 2. The number of ether oxygens (including phenoxy) is 1. The molecule has 0 heterocycles. The Hall–Kier alpha value is -4.65. The molecule has 7 heteroatoms. The molecule has 0 aliphatic carbocycles. The first-order valence-corrected chi connectivity index (χ1v) is 11.1. The molecule has 0 spiro atoms. The van der Waals surface area contributed by atoms with Gasteiger partial charge in [-0.15, -0.1) is 0 Å². The van der Waals surface area contributed by atoms with Gasteiger partial charge in [-0.3, -0.25) is 9.59 Å². The van der Waals surface area contributed by atoms with Gasteiger partial charge < -0.3 is 20.5 Å². The van der Waals surface area contributed by atoms with Gasteiger partial charge in [-0.1, -0.05) is 42.5 Å². The molecule has 0 saturated carbocycles. The van der Waals surface area contributed by atoms with Crippen molar-refractivity contribution < 1.29 is 24.2 Å². The van der Waals surface area contributed by atoms with E-state index < -0.39 is 11.9 Å². The summed E-state index contributed by atoms with van der Waals surface area (Å²) in [6.07, 6.45) is 0.753. The van der Waals surface area contributed by atoms with Crippen LogP contribution in [0.5, 0.6) is 5.75 Å². The molecule has 0 bridgehead atoms. The van der Waals surface area contributed by atoms with Crippen molar-refractivity contribution in [2.24, 2.45) is 0 Å². The number of fused-ring (bicyclic) bond motifs is 1. The zero-order valence-electron chi connectivity index (χ0n) is 18.9. The Labute approximate surface area is 202 Å². The summed E-state index contributed by atoms with van der Waals surface area (Å²) in [6, 6.07) is 26.5. The number of amides is 2. The number of aromatic carboxylic acids is 1. The summed E-state index contributed by atoms with van der Waals surface area (Å²) < 4.78 is 5.79. The molecule has 0 unspecified atom stereocenters. The molecule has 3 N–H and O–H groups in total. The summed E-state index contributed by atoms with van der Waals surface area (Å²) in [6.45, 7) is 0.389. The van der Waals surface area contributed by atoms with E-state index in [1.165, 1.54) is 24.3 Å². The minimum atomic E-state index is -1.04. The zero-order valence-corrected chi connectivity index (χ0v) is 18.9. The normalized spacial score (nSPS) is 10.5. The van der Waals surface area contributed by atoms with Gasteiger partial charge in [0.25, 0.3) is 5.91 Å². The maximum Gasteiger partial charge on any atom is 0.335 e. The van der Waals surface area contributed by atoms with Gasteiger partial charge in [0.15, 0.2) is 0 Å². The second-order valence-electron chi connectivity index (χ2n) is 7.89. The predicted octanol–water partition coefficient (Wildman–Crippen LogP) is 5.59. The lowest BCUT2D eigenvalue weighted by atomic mass is 10.1. The highest BCUT2D eigenvalue weighted by Crippen LogP contribution is 2.21. The standard InChI is InChI=1S/C28H24N2O5/c31-26(10-5-17-35-23-16-13-19-6-1-2-7-21(19)18-23)30-25-9-4-3-8-24(25)27(32)29-22-14-11-20(12-15-22)28(33)34/h1-4,6-9,11-16,18H,5,10,17H2,(H,29,32)(H,30,31)(H,33,34). The van der Waals surface area contributed by atoms with E-state index in [1.807, 2.05) is 42.5 Å². The average molecular weight is 469 g/mol. The fraction of sp³-hybridized carbons (Fsp3) is 0.107. The van der Waals surface area contributed by atoms with Crippen molar-refractivity contribution >= 4 is 39.9 Å². The van der Waals surface area contributed by atoms with Gasteiger partial charge in [0.2, 0.25) is 5.91 Å². The van der Waals surface area contributed by atoms with E-state index in [0.717, 1.165) is 16.5 Å². The van der Waals surface area contributed by atoms with Crippen LogP contribution in [0.2, 0.25) is 0 Å². The number of carboxylic acid groups (broad SMARTS) is 1. The van der Waals surface area contributed by atoms with Crippen LogP contribution in [-0.4, -0.2) is 29.5 Å². The fourth-order valence-electron chi connectivity index (χ4n) is 3.58. The molecule has 0 radical (unpaired) electrons. The van der Waals surface area contributed by atoms with Crippen molar-refractivity contribution in [3.63, 3.8) is 0 Å². The maximum absolute atomic E-state index is 12.7. The highest BCUT2D eigenvalue weighted by Gasteiger charge is 2.14. The molecule has 2 amide bonds. The Bertz CT molecular complexity index is 1370. The lowest BCUT2D eigenvalue weighted by Crippen LogP contribution is -2.18. The monoisotopic (exact) mass is 468 g/mol. The third-order valence-electron chi connectivity index (χ3n) is 5.37. The smallest absolute Gasteiger partial charge is 0.335 e. The van der Waals surface area contributed by atoms with E-state index in [4.69, 9.17) is 9.84 Å². The molecule has 176 valence electrons. The predicted molar refractivity (Wildman–Crippen MR) is 135 cm³/mol. The Morgan fingerprint density at radius 2 is 1.49 bits per heavy atom. The Morgan fingerprint density at radius 1 is 0.771 bits per heavy atom. The number of carbonyl (C=O) groups excluding carboxylic acids is 2. The van der Waals surface area contributed by atoms with Crippen molar-refractivity contribution in [1.29, 1.82) is 0 Å². The number of rotatable bonds is 9. The first-order chi connectivity index (χ1) is 17.0. The Balaban J connectivity index is 1.29. The van der Waals surface area contributed by atoms with Crippen LogP contribution in [0, 0.1) is 0 Å². The van der Waals surface area contributed by atoms with Gasteiger partial charge in [-0.05, 0) is 65.7 Å². The lowest BCUT2D eigenvalue weighted by molar-refractivity contribution is -0.116. The number of carbonyl (C=O) groups is 3. The average Bonchev–Trinajstić information content (AvgIpc) is 2.87. The van der Waals surface area contributed by atoms with Crippen LogP contribution in [0.25, 0.3) is 10.8 Å². The third kappa shape index (κ3) is 6.23. The Kier molecular flexibility index (Phi) is 7.37. The van der Waals surface area contributed by atoms with Crippen molar-refractivity contribution in [2.75, 3.05) is 17.2 Å². The van der Waals surface area contributed by atoms with Crippen molar-refractivity contribution in [2.45, 2.75) is 12.8 Å². The quantitative estimate of drug-likeness (QED) is 0.278. The summed E-state index contributed by atoms with van der Waals surface area (Å²) in [5.74, 6) is -0.928. The topological polar surface area (TPSA) is 105 Å². The molecule has 4 aromatic rings. The van der Waals surface area contributed by atoms with Crippen LogP contribution in [0.4, 0.5) is 11.4 Å². The summed E-state index contributed by atoms with van der Waals surface area (Å²) in [4.78, 5) is 36.2. The molecule has 4 rings (SSSR count). The first-order valence-electron chi connectivity index (χ1n) is 11.1. The van der Waals surface area contributed by atoms with Gasteiger partial charge >= 0.3 is 5.97 Å². The molecule has 4 aromatic carbocycles. The van der Waals surface area contributed by atoms with E-state index in [-0.39, 0.29) is 17.9 Å². The minimum Gasteiger partial charge on any atom is -0.494 e. The van der Waals surface area contributed by atoms with Crippen LogP contribution in [-0.2, 0) is 4.79 Å². The van der Waals surface area contributed by atoms with Crippen LogP contribution < -0.4 is 15.4 Å². The highest BCUT2D eigenvalue weighted by atomic mass is 16.5. The summed E-state index contributed by atoms with van der Waals surface area (Å²) in [7, 11) is 0. The molecular weight excluding hydrogens is 444 g/mol. The molecular formula is C28H24N2O5. The summed E-state index contributed by atoms with van der Waals surface area (Å²) >= 11 is 0. The second-order valence-corrected chi connectivity index (χ2v) is 7.89. The molecule has 0 fully saturated rings. The maximum atomic E-state index is 12.7. The SMILES string of the molecule is O=C(CCCOc1ccc2ccccc2c1)Nc1ccccc1C(=O)Nc1ccc(C(=O)O)cc1. The van der Waals surface area contributed by atoms with Gasteiger partial charge in [0.1, 0.15) is 5.75 Å². The molecule has 0 aliphatic heterocycles. The number of hydrogen-bond donors (Lipinski definition) is 3. The van der Waals surface area contributed by atoms with E-state index in [1.54, 1.807) is 24.3 Å². The van der Waals surface area contributed by atoms with Crippen molar-refractivity contribution in [3.8, 4) is 5.75 Å². The second kappa shape index (κ2) is 11.0. The number of carboxylic acids is 1. The minimum absolute atomic E-state index is 0.125. The van der Waals surface area contributed by atoms with Crippen LogP contribution in [0.3, 0.4) is 0 Å². The van der Waals surface area contributed by atoms with Crippen LogP contribution >= 0.6 is 0 Å². The molecule has 7 nitrogen and oxygen atoms in total. The van der Waals surface area contributed by atoms with E-state index >= 15 is 0 Å². The molecule has 0 aromatic heterocycles. The van der Waals surface area contributed by atoms with Gasteiger partial charge in [0.05, 0.1) is 23.4 Å². The number of anilines is 2. The molecule has 35 heavy (non-hydrogen) atoms. The van der Waals surface area contributed by atoms with Gasteiger partial charge in [-0.2, -0.15) is 0 Å². The number of para-hydroxylation sites is 1. The molecule has 0 aliphatic rings. The molecule has 0 saturated heterocycles. The number of benzene rings is 4. The van der Waals surface area contributed by atoms with E-state index in [9.17, 15) is 14.4 Å². The number of hydrogen-bond acceptors (Lipinski definition) is 4. The van der Waals surface area contributed by atoms with Crippen molar-refractivity contribution in [3.05, 3.63) is 102 Å². The molecule has 0 atom stereocenters. The zero-order chi connectivity index (χ0) is 24.6. The van der Waals surface area contributed by atoms with Gasteiger partial charge in [0, 0.05) is 12.1 Å². The van der Waals surface area contributed by atoms with Gasteiger partial charge in [-0.25, -0.2) is 4.79 Å². The Morgan fingerprint density at radius 3 is 2.26 bits per heavy atom. The largest absolute Gasteiger partial charge is 0.494 e. The summed E-state index contributed by atoms with van der Waals surface area (Å²) in [5.41, 5.74) is 1.27. The van der Waals surface area contributed by atoms with Crippen LogP contribution in [0.15, 0.2) is 91.0 Å². The van der Waals surface area contributed by atoms with Crippen molar-refractivity contribution in [1.82, 2.24) is 0 Å².